The number of rotatable bonds is 5. The summed E-state index contributed by atoms with van der Waals surface area (Å²) in [5.41, 5.74) is 1.09. The zero-order valence-electron chi connectivity index (χ0n) is 15.3. The molecule has 2 heterocycles. The van der Waals surface area contributed by atoms with Gasteiger partial charge in [-0.25, -0.2) is 4.98 Å². The quantitative estimate of drug-likeness (QED) is 0.266. The van der Waals surface area contributed by atoms with Crippen molar-refractivity contribution in [2.24, 2.45) is 0 Å². The topological polar surface area (TPSA) is 45.8 Å². The van der Waals surface area contributed by atoms with E-state index in [1.165, 1.54) is 0 Å². The number of carbonyl (C=O) groups excluding carboxylic acids is 1. The minimum Gasteiger partial charge on any atom is -0.360 e. The van der Waals surface area contributed by atoms with Gasteiger partial charge in [0.05, 0.1) is 15.8 Å². The van der Waals surface area contributed by atoms with Crippen LogP contribution in [0.2, 0.25) is 5.02 Å². The third kappa shape index (κ3) is 4.08. The average molecular weight is 447 g/mol. The van der Waals surface area contributed by atoms with Crippen LogP contribution in [0.5, 0.6) is 0 Å². The van der Waals surface area contributed by atoms with Crippen LogP contribution in [0.15, 0.2) is 78.1 Å². The van der Waals surface area contributed by atoms with Gasteiger partial charge < -0.3 is 4.98 Å². The first-order valence-electron chi connectivity index (χ1n) is 8.89. The van der Waals surface area contributed by atoms with Gasteiger partial charge in [-0.3, -0.25) is 4.79 Å². The van der Waals surface area contributed by atoms with Crippen molar-refractivity contribution >= 4 is 40.0 Å². The SMILES string of the molecule is O=C(c1c[nH]c2ccccc12)[C@@H](Sc1ncc(C(F)(F)F)cc1Cl)c1ccccc1. The number of aromatic nitrogens is 2. The van der Waals surface area contributed by atoms with Gasteiger partial charge in [0.1, 0.15) is 5.03 Å². The van der Waals surface area contributed by atoms with E-state index in [1.54, 1.807) is 30.5 Å². The van der Waals surface area contributed by atoms with Crippen LogP contribution in [0.1, 0.15) is 26.7 Å². The van der Waals surface area contributed by atoms with Crippen molar-refractivity contribution in [3.05, 3.63) is 94.8 Å². The summed E-state index contributed by atoms with van der Waals surface area (Å²) in [6.45, 7) is 0. The highest BCUT2D eigenvalue weighted by Gasteiger charge is 2.32. The molecule has 0 radical (unpaired) electrons. The number of benzene rings is 2. The number of Topliss-reactive ketones (excluding diaryl/α,β-unsaturated/α-hetero) is 1. The molecule has 0 bridgehead atoms. The number of fused-ring (bicyclic) bond motifs is 1. The Morgan fingerprint density at radius 2 is 1.77 bits per heavy atom. The van der Waals surface area contributed by atoms with Gasteiger partial charge in [-0.15, -0.1) is 0 Å². The number of nitrogens with one attached hydrogen (secondary N) is 1. The number of para-hydroxylation sites is 1. The molecule has 4 aromatic rings. The van der Waals surface area contributed by atoms with Crippen molar-refractivity contribution in [3.8, 4) is 0 Å². The van der Waals surface area contributed by atoms with Crippen LogP contribution in [0, 0.1) is 0 Å². The number of hydrogen-bond donors (Lipinski definition) is 1. The van der Waals surface area contributed by atoms with Crippen LogP contribution in [0.4, 0.5) is 13.2 Å². The van der Waals surface area contributed by atoms with Gasteiger partial charge in [-0.05, 0) is 17.7 Å². The molecular weight excluding hydrogens is 433 g/mol. The van der Waals surface area contributed by atoms with Crippen LogP contribution in [0.25, 0.3) is 10.9 Å². The fraction of sp³-hybridized carbons (Fsp3) is 0.0909. The fourth-order valence-electron chi connectivity index (χ4n) is 3.10. The Morgan fingerprint density at radius 1 is 1.07 bits per heavy atom. The molecule has 0 fully saturated rings. The lowest BCUT2D eigenvalue weighted by Gasteiger charge is -2.17. The van der Waals surface area contributed by atoms with Crippen LogP contribution in [0.3, 0.4) is 0 Å². The molecule has 4 rings (SSSR count). The average Bonchev–Trinajstić information content (AvgIpc) is 3.16. The Morgan fingerprint density at radius 3 is 2.47 bits per heavy atom. The zero-order chi connectivity index (χ0) is 21.3. The highest BCUT2D eigenvalue weighted by atomic mass is 35.5. The first kappa shape index (κ1) is 20.5. The second kappa shape index (κ2) is 8.16. The molecule has 0 spiro atoms. The van der Waals surface area contributed by atoms with Gasteiger partial charge in [0.2, 0.25) is 0 Å². The first-order valence-corrected chi connectivity index (χ1v) is 10.1. The number of H-pyrrole nitrogens is 1. The van der Waals surface area contributed by atoms with Gasteiger partial charge in [-0.2, -0.15) is 13.2 Å². The summed E-state index contributed by atoms with van der Waals surface area (Å²) in [4.78, 5) is 20.4. The van der Waals surface area contributed by atoms with E-state index >= 15 is 0 Å². The third-order valence-electron chi connectivity index (χ3n) is 4.56. The molecule has 1 atom stereocenters. The number of nitrogens with zero attached hydrogens (tertiary/aromatic N) is 1. The highest BCUT2D eigenvalue weighted by Crippen LogP contribution is 2.42. The lowest BCUT2D eigenvalue weighted by molar-refractivity contribution is -0.137. The summed E-state index contributed by atoms with van der Waals surface area (Å²) in [6.07, 6.45) is -2.17. The van der Waals surface area contributed by atoms with Crippen molar-refractivity contribution in [1.29, 1.82) is 0 Å². The molecule has 0 aliphatic heterocycles. The van der Waals surface area contributed by atoms with Gasteiger partial charge in [0, 0.05) is 28.9 Å². The summed E-state index contributed by atoms with van der Waals surface area (Å²) >= 11 is 7.12. The van der Waals surface area contributed by atoms with Crippen molar-refractivity contribution in [3.63, 3.8) is 0 Å². The van der Waals surface area contributed by atoms with E-state index < -0.39 is 17.0 Å². The van der Waals surface area contributed by atoms with Gasteiger partial charge in [0.25, 0.3) is 0 Å². The van der Waals surface area contributed by atoms with E-state index in [1.807, 2.05) is 30.3 Å². The summed E-state index contributed by atoms with van der Waals surface area (Å²) in [7, 11) is 0. The number of halogens is 4. The Labute approximate surface area is 179 Å². The molecule has 1 N–H and O–H groups in total. The van der Waals surface area contributed by atoms with E-state index in [0.717, 1.165) is 34.9 Å². The minimum absolute atomic E-state index is 0.150. The Balaban J connectivity index is 1.74. The molecule has 0 saturated heterocycles. The molecule has 0 amide bonds. The predicted molar refractivity (Wildman–Crippen MR) is 112 cm³/mol. The summed E-state index contributed by atoms with van der Waals surface area (Å²) < 4.78 is 38.8. The first-order chi connectivity index (χ1) is 14.3. The molecule has 8 heteroatoms. The number of aromatic amines is 1. The lowest BCUT2D eigenvalue weighted by Crippen LogP contribution is -2.11. The molecule has 3 nitrogen and oxygen atoms in total. The predicted octanol–water partition coefficient (Wildman–Crippen LogP) is 6.95. The number of hydrogen-bond acceptors (Lipinski definition) is 3. The lowest BCUT2D eigenvalue weighted by atomic mass is 10.0. The van der Waals surface area contributed by atoms with Crippen LogP contribution in [-0.2, 0) is 6.18 Å². The monoisotopic (exact) mass is 446 g/mol. The molecule has 0 saturated carbocycles. The second-order valence-electron chi connectivity index (χ2n) is 6.53. The van der Waals surface area contributed by atoms with E-state index in [0.29, 0.717) is 11.1 Å². The zero-order valence-corrected chi connectivity index (χ0v) is 16.9. The van der Waals surface area contributed by atoms with E-state index in [4.69, 9.17) is 11.6 Å². The van der Waals surface area contributed by atoms with Gasteiger partial charge in [-0.1, -0.05) is 71.9 Å². The number of pyridine rings is 1. The van der Waals surface area contributed by atoms with Gasteiger partial charge >= 0.3 is 6.18 Å². The van der Waals surface area contributed by atoms with Crippen LogP contribution < -0.4 is 0 Å². The number of ketones is 1. The molecule has 0 aliphatic rings. The molecular formula is C22H14ClF3N2OS. The fourth-order valence-corrected chi connectivity index (χ4v) is 4.43. The summed E-state index contributed by atoms with van der Waals surface area (Å²) in [6, 6.07) is 17.2. The van der Waals surface area contributed by atoms with Gasteiger partial charge in [0.15, 0.2) is 5.78 Å². The minimum atomic E-state index is -4.54. The van der Waals surface area contributed by atoms with Crippen molar-refractivity contribution in [1.82, 2.24) is 9.97 Å². The second-order valence-corrected chi connectivity index (χ2v) is 8.03. The van der Waals surface area contributed by atoms with Crippen LogP contribution in [-0.4, -0.2) is 15.8 Å². The number of alkyl halides is 3. The third-order valence-corrected chi connectivity index (χ3v) is 6.23. The standard InChI is InChI=1S/C22H14ClF3N2OS/c23-17-10-14(22(24,25)26)11-28-21(17)30-20(13-6-2-1-3-7-13)19(29)16-12-27-18-9-5-4-8-15(16)18/h1-12,20,27H/t20-/m0/s1. The molecule has 0 unspecified atom stereocenters. The Hall–Kier alpha value is -2.77. The summed E-state index contributed by atoms with van der Waals surface area (Å²) in [5.74, 6) is -0.193. The molecule has 152 valence electrons. The summed E-state index contributed by atoms with van der Waals surface area (Å²) in [5, 5.41) is 0.0526. The maximum atomic E-state index is 13.5. The van der Waals surface area contributed by atoms with Crippen molar-refractivity contribution in [2.45, 2.75) is 16.5 Å². The number of carbonyl (C=O) groups is 1. The normalized spacial score (nSPS) is 12.8. The maximum Gasteiger partial charge on any atom is 0.417 e. The van der Waals surface area contributed by atoms with Crippen molar-refractivity contribution < 1.29 is 18.0 Å². The number of thioether (sulfide) groups is 1. The largest absolute Gasteiger partial charge is 0.417 e. The Kier molecular flexibility index (Phi) is 5.58. The smallest absolute Gasteiger partial charge is 0.360 e. The molecule has 2 aromatic carbocycles. The molecule has 2 aromatic heterocycles. The van der Waals surface area contributed by atoms with E-state index in [-0.39, 0.29) is 15.8 Å². The van der Waals surface area contributed by atoms with Crippen LogP contribution >= 0.6 is 23.4 Å². The van der Waals surface area contributed by atoms with Crippen molar-refractivity contribution in [2.75, 3.05) is 0 Å². The highest BCUT2D eigenvalue weighted by molar-refractivity contribution is 8.00. The maximum absolute atomic E-state index is 13.5. The van der Waals surface area contributed by atoms with E-state index in [9.17, 15) is 18.0 Å². The molecule has 30 heavy (non-hydrogen) atoms. The molecule has 0 aliphatic carbocycles. The van der Waals surface area contributed by atoms with E-state index in [2.05, 4.69) is 9.97 Å². The Bertz CT molecular complexity index is 1210.